The van der Waals surface area contributed by atoms with Crippen LogP contribution in [0.2, 0.25) is 5.02 Å². The van der Waals surface area contributed by atoms with E-state index in [4.69, 9.17) is 11.6 Å². The Bertz CT molecular complexity index is 1120. The van der Waals surface area contributed by atoms with Gasteiger partial charge in [0.05, 0.1) is 24.0 Å². The largest absolute Gasteiger partial charge is 0.348 e. The van der Waals surface area contributed by atoms with E-state index in [-0.39, 0.29) is 12.5 Å². The molecular formula is C19H18ClFN8O. The Morgan fingerprint density at radius 1 is 1.27 bits per heavy atom. The fourth-order valence-corrected chi connectivity index (χ4v) is 3.19. The molecule has 0 bridgehead atoms. The maximum atomic E-state index is 13.2. The van der Waals surface area contributed by atoms with Gasteiger partial charge in [0.15, 0.2) is 0 Å². The van der Waals surface area contributed by atoms with E-state index in [1.807, 2.05) is 6.07 Å². The van der Waals surface area contributed by atoms with Gasteiger partial charge in [-0.2, -0.15) is 14.6 Å². The first kappa shape index (κ1) is 19.8. The number of hydrogen-bond donors (Lipinski definition) is 3. The molecule has 0 radical (unpaired) electrons. The van der Waals surface area contributed by atoms with Crippen LogP contribution in [-0.2, 0) is 13.1 Å². The minimum atomic E-state index is -0.525. The fourth-order valence-electron chi connectivity index (χ4n) is 3.00. The number of rotatable bonds is 6. The number of halogens is 2. The summed E-state index contributed by atoms with van der Waals surface area (Å²) >= 11 is 6.12. The molecule has 9 nitrogen and oxygen atoms in total. The smallest absolute Gasteiger partial charge is 0.254 e. The first-order chi connectivity index (χ1) is 14.5. The van der Waals surface area contributed by atoms with Crippen LogP contribution in [0.15, 0.2) is 47.8 Å². The molecule has 0 atom stereocenters. The number of benzene rings is 1. The highest BCUT2D eigenvalue weighted by molar-refractivity contribution is 6.30. The SMILES string of the molecule is Cc1nc(F)ccc1Cn1cc(C(=O)NCc2cc(Cl)ccc2N2C=NNN2)cn1. The van der Waals surface area contributed by atoms with E-state index in [9.17, 15) is 9.18 Å². The second-order valence-corrected chi connectivity index (χ2v) is 7.04. The summed E-state index contributed by atoms with van der Waals surface area (Å²) in [6.07, 6.45) is 4.69. The van der Waals surface area contributed by atoms with Gasteiger partial charge < -0.3 is 5.32 Å². The first-order valence-corrected chi connectivity index (χ1v) is 9.41. The number of nitrogens with zero attached hydrogens (tertiary/aromatic N) is 5. The van der Waals surface area contributed by atoms with Crippen molar-refractivity contribution in [2.75, 3.05) is 5.01 Å². The van der Waals surface area contributed by atoms with Crippen LogP contribution in [0.1, 0.15) is 27.2 Å². The molecule has 0 saturated carbocycles. The maximum Gasteiger partial charge on any atom is 0.254 e. The molecule has 11 heteroatoms. The molecule has 3 N–H and O–H groups in total. The van der Waals surface area contributed by atoms with E-state index >= 15 is 0 Å². The van der Waals surface area contributed by atoms with Crippen molar-refractivity contribution in [3.8, 4) is 0 Å². The summed E-state index contributed by atoms with van der Waals surface area (Å²) in [7, 11) is 0. The highest BCUT2D eigenvalue weighted by Gasteiger charge is 2.15. The van der Waals surface area contributed by atoms with Gasteiger partial charge in [-0.05, 0) is 42.3 Å². The minimum absolute atomic E-state index is 0.257. The van der Waals surface area contributed by atoms with E-state index in [0.29, 0.717) is 22.8 Å². The number of hydrazine groups is 2. The molecule has 0 unspecified atom stereocenters. The van der Waals surface area contributed by atoms with Crippen molar-refractivity contribution in [3.63, 3.8) is 0 Å². The van der Waals surface area contributed by atoms with Crippen molar-refractivity contribution in [1.82, 2.24) is 31.2 Å². The number of hydrazone groups is 1. The van der Waals surface area contributed by atoms with E-state index in [0.717, 1.165) is 16.8 Å². The van der Waals surface area contributed by atoms with Crippen LogP contribution in [0.3, 0.4) is 0 Å². The molecule has 4 rings (SSSR count). The van der Waals surface area contributed by atoms with Gasteiger partial charge in [-0.25, -0.2) is 15.5 Å². The number of anilines is 1. The van der Waals surface area contributed by atoms with Gasteiger partial charge in [-0.3, -0.25) is 9.48 Å². The number of amides is 1. The second kappa shape index (κ2) is 8.47. The van der Waals surface area contributed by atoms with Crippen molar-refractivity contribution < 1.29 is 9.18 Å². The van der Waals surface area contributed by atoms with Gasteiger partial charge in [0.25, 0.3) is 5.91 Å². The Hall–Kier alpha value is -3.50. The van der Waals surface area contributed by atoms with Gasteiger partial charge in [0.1, 0.15) is 6.34 Å². The monoisotopic (exact) mass is 428 g/mol. The van der Waals surface area contributed by atoms with Crippen LogP contribution in [0.25, 0.3) is 0 Å². The highest BCUT2D eigenvalue weighted by Crippen LogP contribution is 2.23. The van der Waals surface area contributed by atoms with Crippen molar-refractivity contribution in [2.24, 2.45) is 5.10 Å². The molecule has 0 aliphatic carbocycles. The lowest BCUT2D eigenvalue weighted by Crippen LogP contribution is -2.38. The first-order valence-electron chi connectivity index (χ1n) is 9.04. The number of hydrogen-bond acceptors (Lipinski definition) is 7. The van der Waals surface area contributed by atoms with Gasteiger partial charge >= 0.3 is 0 Å². The van der Waals surface area contributed by atoms with E-state index in [1.54, 1.807) is 47.3 Å². The highest BCUT2D eigenvalue weighted by atomic mass is 35.5. The Balaban J connectivity index is 1.43. The Morgan fingerprint density at radius 2 is 2.13 bits per heavy atom. The molecule has 2 aromatic heterocycles. The minimum Gasteiger partial charge on any atom is -0.348 e. The van der Waals surface area contributed by atoms with Gasteiger partial charge in [0.2, 0.25) is 5.95 Å². The zero-order valence-corrected chi connectivity index (χ0v) is 16.7. The van der Waals surface area contributed by atoms with Gasteiger partial charge in [-0.1, -0.05) is 17.7 Å². The van der Waals surface area contributed by atoms with Gasteiger partial charge in [-0.15, -0.1) is 5.53 Å². The molecule has 1 aliphatic rings. The van der Waals surface area contributed by atoms with Crippen LogP contribution < -0.4 is 21.4 Å². The standard InChI is InChI=1S/C19H18ClFN8O/c1-12-13(2-5-18(21)25-12)9-28-10-15(8-24-28)19(30)22-7-14-6-16(20)3-4-17(14)29-11-23-26-27-29/h2-6,8,10-11,26-27H,7,9H2,1H3,(H,22,30). The summed E-state index contributed by atoms with van der Waals surface area (Å²) in [5.41, 5.74) is 8.89. The molecule has 3 heterocycles. The van der Waals surface area contributed by atoms with Crippen LogP contribution in [-0.4, -0.2) is 27.0 Å². The zero-order chi connectivity index (χ0) is 21.1. The molecule has 0 saturated heterocycles. The molecule has 0 fully saturated rings. The van der Waals surface area contributed by atoms with E-state index in [2.05, 4.69) is 31.6 Å². The molecule has 3 aromatic rings. The van der Waals surface area contributed by atoms with Crippen molar-refractivity contribution in [3.05, 3.63) is 76.1 Å². The van der Waals surface area contributed by atoms with Gasteiger partial charge in [0, 0.05) is 23.5 Å². The molecular weight excluding hydrogens is 411 g/mol. The van der Waals surface area contributed by atoms with Crippen molar-refractivity contribution in [2.45, 2.75) is 20.0 Å². The predicted molar refractivity (Wildman–Crippen MR) is 110 cm³/mol. The molecule has 1 aromatic carbocycles. The number of nitrogens with one attached hydrogen (secondary N) is 3. The normalized spacial score (nSPS) is 12.8. The van der Waals surface area contributed by atoms with E-state index < -0.39 is 5.95 Å². The third-order valence-corrected chi connectivity index (χ3v) is 4.77. The van der Waals surface area contributed by atoms with Crippen LogP contribution >= 0.6 is 11.6 Å². The van der Waals surface area contributed by atoms with E-state index in [1.165, 1.54) is 12.3 Å². The zero-order valence-electron chi connectivity index (χ0n) is 15.9. The maximum absolute atomic E-state index is 13.2. The number of aryl methyl sites for hydroxylation is 1. The molecule has 1 aliphatic heterocycles. The topological polar surface area (TPSA) is 99.5 Å². The molecule has 154 valence electrons. The predicted octanol–water partition coefficient (Wildman–Crippen LogP) is 2.13. The Kier molecular flexibility index (Phi) is 5.59. The fraction of sp³-hybridized carbons (Fsp3) is 0.158. The number of pyridine rings is 1. The number of carbonyl (C=O) groups is 1. The lowest BCUT2D eigenvalue weighted by Gasteiger charge is -2.18. The van der Waals surface area contributed by atoms with Crippen LogP contribution in [0.5, 0.6) is 0 Å². The molecule has 0 spiro atoms. The summed E-state index contributed by atoms with van der Waals surface area (Å²) < 4.78 is 14.8. The summed E-state index contributed by atoms with van der Waals surface area (Å²) in [5, 5.41) is 13.2. The average Bonchev–Trinajstić information content (AvgIpc) is 3.41. The van der Waals surface area contributed by atoms with Crippen molar-refractivity contribution >= 4 is 29.5 Å². The Morgan fingerprint density at radius 3 is 2.90 bits per heavy atom. The van der Waals surface area contributed by atoms with Crippen LogP contribution in [0.4, 0.5) is 10.1 Å². The third-order valence-electron chi connectivity index (χ3n) is 4.54. The van der Waals surface area contributed by atoms with Crippen molar-refractivity contribution in [1.29, 1.82) is 0 Å². The molecule has 1 amide bonds. The number of aromatic nitrogens is 3. The quantitative estimate of drug-likeness (QED) is 0.520. The number of carbonyl (C=O) groups excluding carboxylic acids is 1. The third kappa shape index (κ3) is 4.39. The lowest BCUT2D eigenvalue weighted by molar-refractivity contribution is 0.0951. The average molecular weight is 429 g/mol. The van der Waals surface area contributed by atoms with Crippen LogP contribution in [0, 0.1) is 12.9 Å². The summed E-state index contributed by atoms with van der Waals surface area (Å²) in [5.74, 6) is -0.800. The molecule has 30 heavy (non-hydrogen) atoms. The second-order valence-electron chi connectivity index (χ2n) is 6.60. The lowest BCUT2D eigenvalue weighted by atomic mass is 10.1. The summed E-state index contributed by atoms with van der Waals surface area (Å²) in [4.78, 5) is 16.4. The summed E-state index contributed by atoms with van der Waals surface area (Å²) in [6, 6.07) is 8.32. The summed E-state index contributed by atoms with van der Waals surface area (Å²) in [6.45, 7) is 2.37. The Labute approximate surface area is 176 Å².